The second-order valence-electron chi connectivity index (χ2n) is 2.86. The van der Waals surface area contributed by atoms with Crippen molar-refractivity contribution >= 4 is 0 Å². The lowest BCUT2D eigenvalue weighted by atomic mass is 9.95. The van der Waals surface area contributed by atoms with Crippen molar-refractivity contribution in [3.05, 3.63) is 0 Å². The summed E-state index contributed by atoms with van der Waals surface area (Å²) in [7, 11) is 1.54. The van der Waals surface area contributed by atoms with Crippen LogP contribution in [-0.2, 0) is 9.57 Å². The molecule has 1 aliphatic rings. The zero-order chi connectivity index (χ0) is 8.16. The molecule has 1 saturated heterocycles. The molecule has 11 heavy (non-hydrogen) atoms. The molecule has 1 fully saturated rings. The normalized spacial score (nSPS) is 23.5. The summed E-state index contributed by atoms with van der Waals surface area (Å²) in [6, 6.07) is 0. The largest absolute Gasteiger partial charge is 0.388 e. The van der Waals surface area contributed by atoms with E-state index in [9.17, 15) is 5.11 Å². The predicted molar refractivity (Wildman–Crippen MR) is 40.0 cm³/mol. The number of hydrogen-bond donors (Lipinski definition) is 2. The van der Waals surface area contributed by atoms with Gasteiger partial charge in [0.2, 0.25) is 0 Å². The SMILES string of the molecule is CONCC1(O)CCOCC1. The zero-order valence-electron chi connectivity index (χ0n) is 6.80. The van der Waals surface area contributed by atoms with Crippen LogP contribution in [0, 0.1) is 0 Å². The van der Waals surface area contributed by atoms with Gasteiger partial charge in [-0.2, -0.15) is 0 Å². The fourth-order valence-electron chi connectivity index (χ4n) is 1.13. The summed E-state index contributed by atoms with van der Waals surface area (Å²) in [6.45, 7) is 1.76. The lowest BCUT2D eigenvalue weighted by Crippen LogP contribution is -2.44. The van der Waals surface area contributed by atoms with Crippen molar-refractivity contribution in [2.45, 2.75) is 18.4 Å². The van der Waals surface area contributed by atoms with Gasteiger partial charge in [-0.15, -0.1) is 0 Å². The van der Waals surface area contributed by atoms with Crippen molar-refractivity contribution in [2.24, 2.45) is 0 Å². The Morgan fingerprint density at radius 3 is 2.73 bits per heavy atom. The van der Waals surface area contributed by atoms with Crippen LogP contribution in [-0.4, -0.2) is 37.6 Å². The van der Waals surface area contributed by atoms with Gasteiger partial charge in [-0.25, -0.2) is 5.48 Å². The molecule has 0 aromatic heterocycles. The molecule has 0 radical (unpaired) electrons. The first kappa shape index (κ1) is 8.93. The predicted octanol–water partition coefficient (Wildman–Crippen LogP) is -0.321. The average molecular weight is 161 g/mol. The maximum absolute atomic E-state index is 9.78. The van der Waals surface area contributed by atoms with E-state index in [1.165, 1.54) is 0 Å². The molecule has 0 bridgehead atoms. The van der Waals surface area contributed by atoms with Crippen molar-refractivity contribution in [1.29, 1.82) is 0 Å². The Bertz CT molecular complexity index is 112. The van der Waals surface area contributed by atoms with Gasteiger partial charge in [-0.1, -0.05) is 0 Å². The molecular formula is C7H15NO3. The van der Waals surface area contributed by atoms with Gasteiger partial charge in [0.05, 0.1) is 19.3 Å². The maximum atomic E-state index is 9.78. The first-order chi connectivity index (χ1) is 5.27. The topological polar surface area (TPSA) is 50.7 Å². The van der Waals surface area contributed by atoms with Crippen LogP contribution in [0.5, 0.6) is 0 Å². The van der Waals surface area contributed by atoms with E-state index in [2.05, 4.69) is 10.3 Å². The van der Waals surface area contributed by atoms with E-state index < -0.39 is 5.60 Å². The molecule has 1 rings (SSSR count). The van der Waals surface area contributed by atoms with Crippen molar-refractivity contribution in [1.82, 2.24) is 5.48 Å². The van der Waals surface area contributed by atoms with Crippen LogP contribution in [0.15, 0.2) is 0 Å². The van der Waals surface area contributed by atoms with Crippen LogP contribution in [0.25, 0.3) is 0 Å². The molecule has 1 aliphatic heterocycles. The highest BCUT2D eigenvalue weighted by atomic mass is 16.6. The number of hydrogen-bond acceptors (Lipinski definition) is 4. The highest BCUT2D eigenvalue weighted by molar-refractivity contribution is 4.81. The van der Waals surface area contributed by atoms with Crippen LogP contribution in [0.2, 0.25) is 0 Å². The van der Waals surface area contributed by atoms with Crippen molar-refractivity contribution < 1.29 is 14.7 Å². The molecule has 0 aliphatic carbocycles. The van der Waals surface area contributed by atoms with E-state index in [0.717, 1.165) is 0 Å². The van der Waals surface area contributed by atoms with E-state index >= 15 is 0 Å². The Balaban J connectivity index is 2.25. The number of nitrogens with one attached hydrogen (secondary N) is 1. The van der Waals surface area contributed by atoms with Gasteiger partial charge < -0.3 is 14.7 Å². The third-order valence-electron chi connectivity index (χ3n) is 1.97. The lowest BCUT2D eigenvalue weighted by molar-refractivity contribution is -0.0824. The van der Waals surface area contributed by atoms with Crippen LogP contribution < -0.4 is 5.48 Å². The van der Waals surface area contributed by atoms with Gasteiger partial charge in [-0.3, -0.25) is 0 Å². The van der Waals surface area contributed by atoms with Gasteiger partial charge >= 0.3 is 0 Å². The minimum Gasteiger partial charge on any atom is -0.388 e. The minimum atomic E-state index is -0.631. The molecule has 2 N–H and O–H groups in total. The van der Waals surface area contributed by atoms with Crippen LogP contribution in [0.3, 0.4) is 0 Å². The Labute approximate surface area is 66.4 Å². The van der Waals surface area contributed by atoms with Crippen LogP contribution >= 0.6 is 0 Å². The zero-order valence-corrected chi connectivity index (χ0v) is 6.80. The Morgan fingerprint density at radius 2 is 2.18 bits per heavy atom. The first-order valence-corrected chi connectivity index (χ1v) is 3.83. The number of ether oxygens (including phenoxy) is 1. The number of aliphatic hydroxyl groups is 1. The second kappa shape index (κ2) is 4.01. The quantitative estimate of drug-likeness (QED) is 0.557. The summed E-state index contributed by atoms with van der Waals surface area (Å²) in [5.74, 6) is 0. The fraction of sp³-hybridized carbons (Fsp3) is 1.00. The summed E-state index contributed by atoms with van der Waals surface area (Å²) in [5.41, 5.74) is 2.02. The molecule has 0 aromatic rings. The molecule has 0 aromatic carbocycles. The molecule has 0 atom stereocenters. The Morgan fingerprint density at radius 1 is 1.55 bits per heavy atom. The Kier molecular flexibility index (Phi) is 3.26. The van der Waals surface area contributed by atoms with E-state index in [-0.39, 0.29) is 0 Å². The highest BCUT2D eigenvalue weighted by Crippen LogP contribution is 2.18. The van der Waals surface area contributed by atoms with Crippen LogP contribution in [0.4, 0.5) is 0 Å². The van der Waals surface area contributed by atoms with Crippen molar-refractivity contribution in [2.75, 3.05) is 26.9 Å². The molecule has 4 nitrogen and oxygen atoms in total. The first-order valence-electron chi connectivity index (χ1n) is 3.83. The molecule has 1 heterocycles. The van der Waals surface area contributed by atoms with Gasteiger partial charge in [0.25, 0.3) is 0 Å². The highest BCUT2D eigenvalue weighted by Gasteiger charge is 2.29. The van der Waals surface area contributed by atoms with Gasteiger partial charge in [0.15, 0.2) is 0 Å². The van der Waals surface area contributed by atoms with Gasteiger partial charge in [0, 0.05) is 26.1 Å². The van der Waals surface area contributed by atoms with Gasteiger partial charge in [-0.05, 0) is 0 Å². The summed E-state index contributed by atoms with van der Waals surface area (Å²) in [6.07, 6.45) is 1.37. The summed E-state index contributed by atoms with van der Waals surface area (Å²) in [4.78, 5) is 4.66. The summed E-state index contributed by atoms with van der Waals surface area (Å²) in [5, 5.41) is 9.78. The van der Waals surface area contributed by atoms with E-state index in [4.69, 9.17) is 4.74 Å². The lowest BCUT2D eigenvalue weighted by Gasteiger charge is -2.31. The standard InChI is InChI=1S/C7H15NO3/c1-10-8-6-7(9)2-4-11-5-3-7/h8-9H,2-6H2,1H3. The second-order valence-corrected chi connectivity index (χ2v) is 2.86. The minimum absolute atomic E-state index is 0.479. The smallest absolute Gasteiger partial charge is 0.0838 e. The molecular weight excluding hydrogens is 146 g/mol. The summed E-state index contributed by atoms with van der Waals surface area (Å²) >= 11 is 0. The molecule has 0 spiro atoms. The Hall–Kier alpha value is -0.160. The third kappa shape index (κ3) is 2.75. The van der Waals surface area contributed by atoms with Gasteiger partial charge in [0.1, 0.15) is 0 Å². The molecule has 0 unspecified atom stereocenters. The van der Waals surface area contributed by atoms with E-state index in [0.29, 0.717) is 32.6 Å². The van der Waals surface area contributed by atoms with E-state index in [1.807, 2.05) is 0 Å². The van der Waals surface area contributed by atoms with Crippen molar-refractivity contribution in [3.63, 3.8) is 0 Å². The molecule has 0 amide bonds. The third-order valence-corrected chi connectivity index (χ3v) is 1.97. The molecule has 4 heteroatoms. The fourth-order valence-corrected chi connectivity index (χ4v) is 1.13. The van der Waals surface area contributed by atoms with Crippen LogP contribution in [0.1, 0.15) is 12.8 Å². The molecule has 66 valence electrons. The monoisotopic (exact) mass is 161 g/mol. The van der Waals surface area contributed by atoms with Crippen molar-refractivity contribution in [3.8, 4) is 0 Å². The number of rotatable bonds is 3. The summed E-state index contributed by atoms with van der Waals surface area (Å²) < 4.78 is 5.12. The molecule has 0 saturated carbocycles. The van der Waals surface area contributed by atoms with E-state index in [1.54, 1.807) is 7.11 Å². The maximum Gasteiger partial charge on any atom is 0.0838 e. The number of hydroxylamine groups is 1. The average Bonchev–Trinajstić information content (AvgIpc) is 2.03.